The number of aromatic nitrogens is 3. The lowest BCUT2D eigenvalue weighted by Gasteiger charge is -2.30. The van der Waals surface area contributed by atoms with Gasteiger partial charge in [-0.2, -0.15) is 0 Å². The van der Waals surface area contributed by atoms with Gasteiger partial charge in [0.15, 0.2) is 11.5 Å². The Balaban J connectivity index is 1.18. The van der Waals surface area contributed by atoms with Crippen molar-refractivity contribution in [2.75, 3.05) is 0 Å². The number of halogens is 1. The molecule has 0 unspecified atom stereocenters. The molecule has 2 heterocycles. The number of nitrogens with zero attached hydrogens (tertiary/aromatic N) is 3. The SMILES string of the molecule is Brc1ccc(-c2nnc3c4ccccc4c4cc(-c5ccc6c(c5)C5(c7ccccc7-c7ccccc75)c5ccccc5-6)ccc4n23)cc1. The Bertz CT molecular complexity index is 2780. The van der Waals surface area contributed by atoms with Crippen LogP contribution in [-0.2, 0) is 5.41 Å². The second kappa shape index (κ2) is 9.85. The van der Waals surface area contributed by atoms with Crippen LogP contribution >= 0.6 is 15.9 Å². The molecule has 228 valence electrons. The molecule has 0 saturated carbocycles. The first kappa shape index (κ1) is 27.1. The van der Waals surface area contributed by atoms with Crippen molar-refractivity contribution in [2.45, 2.75) is 5.41 Å². The van der Waals surface area contributed by atoms with Crippen molar-refractivity contribution in [3.05, 3.63) is 184 Å². The molecule has 49 heavy (non-hydrogen) atoms. The highest BCUT2D eigenvalue weighted by molar-refractivity contribution is 9.10. The minimum absolute atomic E-state index is 0.368. The third-order valence-corrected chi connectivity index (χ3v) is 11.3. The zero-order chi connectivity index (χ0) is 32.3. The fourth-order valence-corrected chi connectivity index (χ4v) is 9.05. The van der Waals surface area contributed by atoms with E-state index in [0.29, 0.717) is 0 Å². The van der Waals surface area contributed by atoms with E-state index in [9.17, 15) is 0 Å². The molecule has 0 saturated heterocycles. The van der Waals surface area contributed by atoms with Gasteiger partial charge in [0.1, 0.15) is 0 Å². The summed E-state index contributed by atoms with van der Waals surface area (Å²) in [6.07, 6.45) is 0. The number of hydrogen-bond donors (Lipinski definition) is 0. The molecular formula is C45H26BrN3. The number of hydrogen-bond acceptors (Lipinski definition) is 2. The Hall–Kier alpha value is -5.84. The Labute approximate surface area is 291 Å². The third-order valence-electron chi connectivity index (χ3n) is 10.8. The van der Waals surface area contributed by atoms with Gasteiger partial charge < -0.3 is 0 Å². The van der Waals surface area contributed by atoms with Crippen molar-refractivity contribution in [1.29, 1.82) is 0 Å². The fourth-order valence-electron chi connectivity index (χ4n) is 8.79. The summed E-state index contributed by atoms with van der Waals surface area (Å²) < 4.78 is 3.25. The maximum Gasteiger partial charge on any atom is 0.169 e. The summed E-state index contributed by atoms with van der Waals surface area (Å²) in [6.45, 7) is 0. The number of benzene rings is 7. The average molecular weight is 689 g/mol. The van der Waals surface area contributed by atoms with E-state index < -0.39 is 0 Å². The van der Waals surface area contributed by atoms with Gasteiger partial charge in [-0.1, -0.05) is 143 Å². The third kappa shape index (κ3) is 3.51. The number of pyridine rings is 1. The lowest BCUT2D eigenvalue weighted by molar-refractivity contribution is 0.794. The van der Waals surface area contributed by atoms with Crippen LogP contribution in [0.1, 0.15) is 22.3 Å². The summed E-state index contributed by atoms with van der Waals surface area (Å²) in [5, 5.41) is 12.9. The van der Waals surface area contributed by atoms with Crippen LogP contribution in [0.5, 0.6) is 0 Å². The van der Waals surface area contributed by atoms with E-state index in [1.54, 1.807) is 0 Å². The minimum atomic E-state index is -0.368. The van der Waals surface area contributed by atoms with E-state index in [4.69, 9.17) is 10.2 Å². The van der Waals surface area contributed by atoms with E-state index in [0.717, 1.165) is 32.4 Å². The zero-order valence-electron chi connectivity index (χ0n) is 26.2. The van der Waals surface area contributed by atoms with Gasteiger partial charge in [0.05, 0.1) is 10.9 Å². The number of fused-ring (bicyclic) bond motifs is 16. The summed E-state index contributed by atoms with van der Waals surface area (Å²) in [5.41, 5.74) is 15.7. The second-order valence-electron chi connectivity index (χ2n) is 13.1. The first-order valence-corrected chi connectivity index (χ1v) is 17.4. The predicted molar refractivity (Wildman–Crippen MR) is 203 cm³/mol. The number of rotatable bonds is 2. The van der Waals surface area contributed by atoms with Gasteiger partial charge in [-0.05, 0) is 91.4 Å². The fraction of sp³-hybridized carbons (Fsp3) is 0.0222. The van der Waals surface area contributed by atoms with Gasteiger partial charge in [0.25, 0.3) is 0 Å². The van der Waals surface area contributed by atoms with Gasteiger partial charge in [-0.15, -0.1) is 10.2 Å². The van der Waals surface area contributed by atoms with Crippen molar-refractivity contribution in [3.8, 4) is 44.8 Å². The molecular weight excluding hydrogens is 662 g/mol. The Morgan fingerprint density at radius 3 is 1.63 bits per heavy atom. The normalized spacial score (nSPS) is 13.6. The maximum atomic E-state index is 4.71. The lowest BCUT2D eigenvalue weighted by Crippen LogP contribution is -2.25. The molecule has 2 aliphatic carbocycles. The minimum Gasteiger partial charge on any atom is -0.274 e. The van der Waals surface area contributed by atoms with Gasteiger partial charge >= 0.3 is 0 Å². The summed E-state index contributed by atoms with van der Waals surface area (Å²) in [4.78, 5) is 0. The molecule has 9 aromatic rings. The van der Waals surface area contributed by atoms with Crippen molar-refractivity contribution in [2.24, 2.45) is 0 Å². The van der Waals surface area contributed by atoms with E-state index in [1.807, 2.05) is 0 Å². The first-order chi connectivity index (χ1) is 24.2. The predicted octanol–water partition coefficient (Wildman–Crippen LogP) is 11.5. The quantitative estimate of drug-likeness (QED) is 0.169. The molecule has 0 N–H and O–H groups in total. The highest BCUT2D eigenvalue weighted by Gasteiger charge is 2.51. The molecule has 0 fully saturated rings. The Kier molecular flexibility index (Phi) is 5.46. The summed E-state index contributed by atoms with van der Waals surface area (Å²) in [7, 11) is 0. The molecule has 2 aromatic heterocycles. The lowest BCUT2D eigenvalue weighted by atomic mass is 9.70. The summed E-state index contributed by atoms with van der Waals surface area (Å²) in [5.74, 6) is 0.835. The van der Waals surface area contributed by atoms with Gasteiger partial charge in [0, 0.05) is 20.8 Å². The smallest absolute Gasteiger partial charge is 0.169 e. The molecule has 1 spiro atoms. The van der Waals surface area contributed by atoms with Crippen molar-refractivity contribution in [3.63, 3.8) is 0 Å². The molecule has 0 bridgehead atoms. The highest BCUT2D eigenvalue weighted by Crippen LogP contribution is 2.63. The molecule has 4 heteroatoms. The van der Waals surface area contributed by atoms with E-state index in [2.05, 4.69) is 178 Å². The van der Waals surface area contributed by atoms with Crippen molar-refractivity contribution < 1.29 is 0 Å². The van der Waals surface area contributed by atoms with Crippen LogP contribution in [-0.4, -0.2) is 14.6 Å². The largest absolute Gasteiger partial charge is 0.274 e. The van der Waals surface area contributed by atoms with Gasteiger partial charge in [0.2, 0.25) is 0 Å². The molecule has 7 aromatic carbocycles. The molecule has 0 atom stereocenters. The molecule has 11 rings (SSSR count). The Morgan fingerprint density at radius 1 is 0.429 bits per heavy atom. The van der Waals surface area contributed by atoms with Crippen LogP contribution in [0.25, 0.3) is 72.1 Å². The average Bonchev–Trinajstić information content (AvgIpc) is 3.83. The van der Waals surface area contributed by atoms with Crippen LogP contribution in [0.4, 0.5) is 0 Å². The van der Waals surface area contributed by atoms with Gasteiger partial charge in [-0.25, -0.2) is 0 Å². The van der Waals surface area contributed by atoms with E-state index in [-0.39, 0.29) is 5.41 Å². The van der Waals surface area contributed by atoms with Crippen molar-refractivity contribution in [1.82, 2.24) is 14.6 Å². The first-order valence-electron chi connectivity index (χ1n) is 16.6. The van der Waals surface area contributed by atoms with E-state index in [1.165, 1.54) is 66.4 Å². The molecule has 0 aliphatic heterocycles. The highest BCUT2D eigenvalue weighted by atomic mass is 79.9. The summed E-state index contributed by atoms with van der Waals surface area (Å²) in [6, 6.07) is 57.8. The van der Waals surface area contributed by atoms with Crippen LogP contribution in [0.2, 0.25) is 0 Å². The van der Waals surface area contributed by atoms with Crippen molar-refractivity contribution >= 4 is 43.3 Å². The molecule has 0 radical (unpaired) electrons. The standard InChI is InChI=1S/C45H26BrN3/c46-30-21-17-27(18-22-30)43-47-48-44-36-13-2-1-9-31(36)37-25-28(20-24-42(37)49(43)44)29-19-23-35-34-12-5-8-16-40(34)45(41(35)26-29)38-14-6-3-10-32(38)33-11-4-7-15-39(33)45/h1-26H. The van der Waals surface area contributed by atoms with Gasteiger partial charge in [-0.3, -0.25) is 4.40 Å². The topological polar surface area (TPSA) is 30.2 Å². The monoisotopic (exact) mass is 687 g/mol. The van der Waals surface area contributed by atoms with Crippen LogP contribution in [0, 0.1) is 0 Å². The maximum absolute atomic E-state index is 4.71. The van der Waals surface area contributed by atoms with Crippen LogP contribution < -0.4 is 0 Å². The summed E-state index contributed by atoms with van der Waals surface area (Å²) >= 11 is 3.58. The zero-order valence-corrected chi connectivity index (χ0v) is 27.8. The molecule has 2 aliphatic rings. The second-order valence-corrected chi connectivity index (χ2v) is 14.0. The molecule has 0 amide bonds. The van der Waals surface area contributed by atoms with Crippen LogP contribution in [0.15, 0.2) is 162 Å². The Morgan fingerprint density at radius 2 is 0.959 bits per heavy atom. The molecule has 3 nitrogen and oxygen atoms in total. The van der Waals surface area contributed by atoms with Crippen LogP contribution in [0.3, 0.4) is 0 Å². The van der Waals surface area contributed by atoms with E-state index >= 15 is 0 Å².